The molecule has 0 bridgehead atoms. The molecule has 0 aromatic heterocycles. The quantitative estimate of drug-likeness (QED) is 0.0648. The Morgan fingerprint density at radius 3 is 1.23 bits per heavy atom. The fraction of sp³-hybridized carbons (Fsp3) is 0.971. The smallest absolute Gasteiger partial charge is 0.305 e. The fourth-order valence-corrected chi connectivity index (χ4v) is 5.48. The van der Waals surface area contributed by atoms with Gasteiger partial charge in [0.2, 0.25) is 0 Å². The maximum Gasteiger partial charge on any atom is 0.305 e. The van der Waals surface area contributed by atoms with Gasteiger partial charge in [-0.15, -0.1) is 0 Å². The molecule has 0 aliphatic rings. The second kappa shape index (κ2) is 33.6. The van der Waals surface area contributed by atoms with Crippen LogP contribution in [0.2, 0.25) is 0 Å². The molecular weight excluding hydrogens is 482 g/mol. The van der Waals surface area contributed by atoms with Crippen LogP contribution >= 0.6 is 0 Å². The average molecular weight is 554 g/mol. The average Bonchev–Trinajstić information content (AvgIpc) is 2.93. The maximum absolute atomic E-state index is 12.1. The van der Waals surface area contributed by atoms with Crippen LogP contribution in [0.15, 0.2) is 0 Å². The van der Waals surface area contributed by atoms with Crippen molar-refractivity contribution < 1.29 is 14.6 Å². The topological polar surface area (TPSA) is 49.8 Å². The normalized spacial score (nSPS) is 11.5. The molecule has 234 valence electrons. The summed E-state index contributed by atoms with van der Waals surface area (Å²) in [6, 6.07) is 0. The SMILES string of the molecule is CCCCCCCCCCCCCCCCN(CCO)CCOC(=O)CCCCCCCCCCCCCC. The van der Waals surface area contributed by atoms with Crippen LogP contribution in [0.25, 0.3) is 0 Å². The van der Waals surface area contributed by atoms with E-state index in [-0.39, 0.29) is 12.6 Å². The van der Waals surface area contributed by atoms with Crippen LogP contribution in [0.1, 0.15) is 187 Å². The zero-order valence-corrected chi connectivity index (χ0v) is 26.8. The van der Waals surface area contributed by atoms with Crippen molar-refractivity contribution in [1.29, 1.82) is 0 Å². The van der Waals surface area contributed by atoms with Gasteiger partial charge in [-0.05, 0) is 19.4 Å². The summed E-state index contributed by atoms with van der Waals surface area (Å²) in [6.45, 7) is 7.59. The van der Waals surface area contributed by atoms with Gasteiger partial charge in [-0.1, -0.05) is 168 Å². The molecule has 0 rings (SSSR count). The van der Waals surface area contributed by atoms with Crippen LogP contribution in [-0.4, -0.2) is 48.8 Å². The van der Waals surface area contributed by atoms with E-state index in [0.29, 0.717) is 19.6 Å². The highest BCUT2D eigenvalue weighted by atomic mass is 16.5. The lowest BCUT2D eigenvalue weighted by molar-refractivity contribution is -0.144. The Morgan fingerprint density at radius 2 is 0.846 bits per heavy atom. The number of ether oxygens (including phenoxy) is 1. The molecule has 0 amide bonds. The van der Waals surface area contributed by atoms with Gasteiger partial charge in [0.25, 0.3) is 0 Å². The van der Waals surface area contributed by atoms with Crippen LogP contribution in [0.3, 0.4) is 0 Å². The summed E-state index contributed by atoms with van der Waals surface area (Å²) in [7, 11) is 0. The van der Waals surface area contributed by atoms with Gasteiger partial charge in [0.15, 0.2) is 0 Å². The van der Waals surface area contributed by atoms with E-state index in [1.54, 1.807) is 0 Å². The molecule has 0 aliphatic heterocycles. The summed E-state index contributed by atoms with van der Waals surface area (Å²) in [5, 5.41) is 9.39. The van der Waals surface area contributed by atoms with E-state index in [9.17, 15) is 9.90 Å². The van der Waals surface area contributed by atoms with Gasteiger partial charge in [0, 0.05) is 19.5 Å². The molecule has 0 heterocycles. The Hall–Kier alpha value is -0.610. The Morgan fingerprint density at radius 1 is 0.487 bits per heavy atom. The van der Waals surface area contributed by atoms with Crippen molar-refractivity contribution in [2.75, 3.05) is 32.8 Å². The predicted molar refractivity (Wildman–Crippen MR) is 170 cm³/mol. The first kappa shape index (κ1) is 38.4. The number of esters is 1. The summed E-state index contributed by atoms with van der Waals surface area (Å²) >= 11 is 0. The zero-order chi connectivity index (χ0) is 28.5. The molecule has 0 spiro atoms. The van der Waals surface area contributed by atoms with E-state index in [4.69, 9.17) is 4.74 Å². The summed E-state index contributed by atoms with van der Waals surface area (Å²) in [5.74, 6) is -0.0532. The van der Waals surface area contributed by atoms with Crippen molar-refractivity contribution in [3.8, 4) is 0 Å². The van der Waals surface area contributed by atoms with E-state index in [1.807, 2.05) is 0 Å². The van der Waals surface area contributed by atoms with Crippen LogP contribution < -0.4 is 0 Å². The lowest BCUT2D eigenvalue weighted by atomic mass is 10.0. The Labute approximate surface area is 245 Å². The monoisotopic (exact) mass is 554 g/mol. The minimum Gasteiger partial charge on any atom is -0.464 e. The van der Waals surface area contributed by atoms with Gasteiger partial charge < -0.3 is 9.84 Å². The molecule has 0 aromatic carbocycles. The van der Waals surface area contributed by atoms with Gasteiger partial charge >= 0.3 is 5.97 Å². The van der Waals surface area contributed by atoms with Gasteiger partial charge in [-0.25, -0.2) is 0 Å². The summed E-state index contributed by atoms with van der Waals surface area (Å²) in [5.41, 5.74) is 0. The molecule has 0 aromatic rings. The predicted octanol–water partition coefficient (Wildman–Crippen LogP) is 10.4. The summed E-state index contributed by atoms with van der Waals surface area (Å²) in [4.78, 5) is 14.3. The first-order valence-electron chi connectivity index (χ1n) is 17.7. The molecule has 0 saturated carbocycles. The third-order valence-electron chi connectivity index (χ3n) is 8.15. The minimum absolute atomic E-state index is 0.0532. The number of unbranched alkanes of at least 4 members (excludes halogenated alkanes) is 24. The number of aliphatic hydroxyl groups excluding tert-OH is 1. The Balaban J connectivity index is 3.49. The standard InChI is InChI=1S/C35H71NO3/c1-3-5-7-9-11-13-15-17-18-20-22-24-26-28-30-36(31-33-37)32-34-39-35(38)29-27-25-23-21-19-16-14-12-10-8-6-4-2/h37H,3-34H2,1-2H3. The van der Waals surface area contributed by atoms with Crippen LogP contribution in [0, 0.1) is 0 Å². The Bertz CT molecular complexity index is 471. The van der Waals surface area contributed by atoms with Gasteiger partial charge in [-0.3, -0.25) is 9.69 Å². The van der Waals surface area contributed by atoms with Gasteiger partial charge in [0.05, 0.1) is 6.61 Å². The largest absolute Gasteiger partial charge is 0.464 e. The van der Waals surface area contributed by atoms with Crippen molar-refractivity contribution in [1.82, 2.24) is 4.90 Å². The van der Waals surface area contributed by atoms with Crippen LogP contribution in [0.5, 0.6) is 0 Å². The molecule has 4 heteroatoms. The van der Waals surface area contributed by atoms with Gasteiger partial charge in [0.1, 0.15) is 6.61 Å². The molecule has 0 atom stereocenters. The lowest BCUT2D eigenvalue weighted by Gasteiger charge is -2.21. The van der Waals surface area contributed by atoms with Crippen molar-refractivity contribution in [2.24, 2.45) is 0 Å². The van der Waals surface area contributed by atoms with E-state index < -0.39 is 0 Å². The van der Waals surface area contributed by atoms with Crippen molar-refractivity contribution >= 4 is 5.97 Å². The van der Waals surface area contributed by atoms with E-state index >= 15 is 0 Å². The van der Waals surface area contributed by atoms with E-state index in [2.05, 4.69) is 18.7 Å². The number of carbonyl (C=O) groups excluding carboxylic acids is 1. The number of carbonyl (C=O) groups is 1. The third kappa shape index (κ3) is 31.8. The molecule has 0 unspecified atom stereocenters. The highest BCUT2D eigenvalue weighted by Crippen LogP contribution is 2.14. The second-order valence-electron chi connectivity index (χ2n) is 12.0. The molecule has 4 nitrogen and oxygen atoms in total. The number of rotatable bonds is 33. The van der Waals surface area contributed by atoms with Crippen molar-refractivity contribution in [3.63, 3.8) is 0 Å². The van der Waals surface area contributed by atoms with Crippen LogP contribution in [-0.2, 0) is 9.53 Å². The lowest BCUT2D eigenvalue weighted by Crippen LogP contribution is -2.32. The zero-order valence-electron chi connectivity index (χ0n) is 26.8. The van der Waals surface area contributed by atoms with Crippen LogP contribution in [0.4, 0.5) is 0 Å². The second-order valence-corrected chi connectivity index (χ2v) is 12.0. The van der Waals surface area contributed by atoms with E-state index in [1.165, 1.54) is 154 Å². The molecular formula is C35H71NO3. The van der Waals surface area contributed by atoms with Crippen molar-refractivity contribution in [3.05, 3.63) is 0 Å². The minimum atomic E-state index is -0.0532. The Kier molecular flexibility index (Phi) is 33.1. The highest BCUT2D eigenvalue weighted by Gasteiger charge is 2.07. The highest BCUT2D eigenvalue weighted by molar-refractivity contribution is 5.69. The first-order valence-corrected chi connectivity index (χ1v) is 17.7. The number of aliphatic hydroxyl groups is 1. The van der Waals surface area contributed by atoms with Crippen molar-refractivity contribution in [2.45, 2.75) is 187 Å². The third-order valence-corrected chi connectivity index (χ3v) is 8.15. The molecule has 0 fully saturated rings. The number of hydrogen-bond acceptors (Lipinski definition) is 4. The number of hydrogen-bond donors (Lipinski definition) is 1. The molecule has 0 radical (unpaired) electrons. The maximum atomic E-state index is 12.1. The molecule has 0 saturated heterocycles. The van der Waals surface area contributed by atoms with E-state index in [0.717, 1.165) is 25.9 Å². The molecule has 1 N–H and O–H groups in total. The molecule has 0 aliphatic carbocycles. The summed E-state index contributed by atoms with van der Waals surface area (Å²) in [6.07, 6.45) is 35.4. The summed E-state index contributed by atoms with van der Waals surface area (Å²) < 4.78 is 5.48. The molecule has 39 heavy (non-hydrogen) atoms. The van der Waals surface area contributed by atoms with Gasteiger partial charge in [-0.2, -0.15) is 0 Å². The fourth-order valence-electron chi connectivity index (χ4n) is 5.48. The number of nitrogens with zero attached hydrogens (tertiary/aromatic N) is 1. The first-order chi connectivity index (χ1) is 19.2.